The molecule has 0 aromatic heterocycles. The zero-order chi connectivity index (χ0) is 28.7. The molecule has 0 fully saturated rings. The maximum Gasteiger partial charge on any atom is 0.323 e. The van der Waals surface area contributed by atoms with E-state index in [0.29, 0.717) is 12.8 Å². The van der Waals surface area contributed by atoms with Crippen molar-refractivity contribution in [3.05, 3.63) is 83.0 Å². The minimum atomic E-state index is -1.33. The number of allylic oxidation sites excluding steroid dienone is 6. The van der Waals surface area contributed by atoms with E-state index in [9.17, 15) is 9.59 Å². The lowest BCUT2D eigenvalue weighted by Gasteiger charge is -2.28. The van der Waals surface area contributed by atoms with Gasteiger partial charge in [0.1, 0.15) is 0 Å². The molecule has 0 bridgehead atoms. The van der Waals surface area contributed by atoms with E-state index in [0.717, 1.165) is 37.7 Å². The molecule has 4 heteroatoms. The molecule has 2 rings (SSSR count). The maximum absolute atomic E-state index is 13.3. The quantitative estimate of drug-likeness (QED) is 0.123. The Labute approximate surface area is 236 Å². The van der Waals surface area contributed by atoms with Crippen molar-refractivity contribution in [1.82, 2.24) is 0 Å². The molecule has 212 valence electrons. The summed E-state index contributed by atoms with van der Waals surface area (Å²) in [6, 6.07) is 14.7. The van der Waals surface area contributed by atoms with Crippen molar-refractivity contribution in [1.29, 1.82) is 0 Å². The van der Waals surface area contributed by atoms with Crippen LogP contribution in [0.15, 0.2) is 77.4 Å². The Bertz CT molecular complexity index is 1150. The van der Waals surface area contributed by atoms with E-state index in [1.807, 2.05) is 18.2 Å². The van der Waals surface area contributed by atoms with Crippen LogP contribution in [0.5, 0.6) is 0 Å². The number of carbonyl (C=O) groups excluding carboxylic acids is 2. The Morgan fingerprint density at radius 2 is 1.36 bits per heavy atom. The average molecular weight is 533 g/mol. The smallest absolute Gasteiger partial charge is 0.323 e. The third kappa shape index (κ3) is 10.5. The van der Waals surface area contributed by atoms with E-state index < -0.39 is 17.4 Å². The van der Waals surface area contributed by atoms with Crippen molar-refractivity contribution in [3.8, 4) is 0 Å². The van der Waals surface area contributed by atoms with Crippen molar-refractivity contribution >= 4 is 22.7 Å². The summed E-state index contributed by atoms with van der Waals surface area (Å²) in [6.45, 7) is 12.5. The molecule has 0 atom stereocenters. The molecule has 0 saturated heterocycles. The summed E-state index contributed by atoms with van der Waals surface area (Å²) in [5, 5.41) is 2.39. The third-order valence-electron chi connectivity index (χ3n) is 7.14. The van der Waals surface area contributed by atoms with Gasteiger partial charge in [-0.15, -0.1) is 0 Å². The van der Waals surface area contributed by atoms with Gasteiger partial charge in [-0.3, -0.25) is 9.59 Å². The number of aryl methyl sites for hydroxylation is 1. The predicted octanol–water partition coefficient (Wildman–Crippen LogP) is 9.08. The molecule has 39 heavy (non-hydrogen) atoms. The maximum atomic E-state index is 13.3. The minimum absolute atomic E-state index is 0.226. The first-order chi connectivity index (χ1) is 18.7. The van der Waals surface area contributed by atoms with Crippen LogP contribution < -0.4 is 0 Å². The Morgan fingerprint density at radius 3 is 1.97 bits per heavy atom. The van der Waals surface area contributed by atoms with E-state index in [4.69, 9.17) is 9.47 Å². The van der Waals surface area contributed by atoms with Gasteiger partial charge in [-0.1, -0.05) is 77.4 Å². The van der Waals surface area contributed by atoms with Crippen molar-refractivity contribution in [2.75, 3.05) is 13.2 Å². The fourth-order valence-corrected chi connectivity index (χ4v) is 4.77. The number of hydrogen-bond acceptors (Lipinski definition) is 4. The molecule has 0 heterocycles. The molecule has 0 aliphatic rings. The standard InChI is InChI=1S/C35H48O4/c1-7-38-33(36)35(34(37)39-8-2,24-13-18-30-21-22-31-19-9-10-20-32(31)26-30)25-23-29(6)17-12-16-28(5)15-11-14-27(3)4/h9-10,14,16,19-23,26H,7-8,11-13,15,17-18,24-25H2,1-6H3. The highest BCUT2D eigenvalue weighted by Crippen LogP contribution is 2.34. The van der Waals surface area contributed by atoms with E-state index >= 15 is 0 Å². The van der Waals surface area contributed by atoms with Gasteiger partial charge in [-0.05, 0) is 109 Å². The van der Waals surface area contributed by atoms with Crippen molar-refractivity contribution in [3.63, 3.8) is 0 Å². The molecule has 0 saturated carbocycles. The van der Waals surface area contributed by atoms with Crippen molar-refractivity contribution < 1.29 is 19.1 Å². The second-order valence-electron chi connectivity index (χ2n) is 10.7. The van der Waals surface area contributed by atoms with Gasteiger partial charge < -0.3 is 9.47 Å². The Morgan fingerprint density at radius 1 is 0.769 bits per heavy atom. The van der Waals surface area contributed by atoms with Crippen LogP contribution in [-0.2, 0) is 25.5 Å². The summed E-state index contributed by atoms with van der Waals surface area (Å²) in [5.74, 6) is -0.970. The van der Waals surface area contributed by atoms with Crippen LogP contribution in [0.4, 0.5) is 0 Å². The van der Waals surface area contributed by atoms with Crippen LogP contribution in [0.25, 0.3) is 10.8 Å². The fourth-order valence-electron chi connectivity index (χ4n) is 4.77. The van der Waals surface area contributed by atoms with Gasteiger partial charge in [0.15, 0.2) is 5.41 Å². The number of esters is 2. The molecular weight excluding hydrogens is 484 g/mol. The monoisotopic (exact) mass is 532 g/mol. The Kier molecular flexibility index (Phi) is 13.8. The topological polar surface area (TPSA) is 52.6 Å². The summed E-state index contributed by atoms with van der Waals surface area (Å²) in [5.41, 5.74) is 3.76. The van der Waals surface area contributed by atoms with E-state index in [2.05, 4.69) is 70.2 Å². The van der Waals surface area contributed by atoms with Crippen LogP contribution in [0.1, 0.15) is 92.1 Å². The van der Waals surface area contributed by atoms with Crippen molar-refractivity contribution in [2.45, 2.75) is 92.9 Å². The van der Waals surface area contributed by atoms with Gasteiger partial charge >= 0.3 is 11.9 Å². The second kappa shape index (κ2) is 16.7. The van der Waals surface area contributed by atoms with Gasteiger partial charge in [0.2, 0.25) is 0 Å². The lowest BCUT2D eigenvalue weighted by atomic mass is 9.78. The average Bonchev–Trinajstić information content (AvgIpc) is 2.90. The summed E-state index contributed by atoms with van der Waals surface area (Å²) >= 11 is 0. The minimum Gasteiger partial charge on any atom is -0.465 e. The van der Waals surface area contributed by atoms with E-state index in [-0.39, 0.29) is 19.6 Å². The van der Waals surface area contributed by atoms with Crippen LogP contribution in [-0.4, -0.2) is 25.2 Å². The fraction of sp³-hybridized carbons (Fsp3) is 0.486. The summed E-state index contributed by atoms with van der Waals surface area (Å²) < 4.78 is 10.9. The highest BCUT2D eigenvalue weighted by Gasteiger charge is 2.47. The lowest BCUT2D eigenvalue weighted by Crippen LogP contribution is -2.42. The number of fused-ring (bicyclic) bond motifs is 1. The van der Waals surface area contributed by atoms with Gasteiger partial charge in [-0.2, -0.15) is 0 Å². The first-order valence-corrected chi connectivity index (χ1v) is 14.5. The van der Waals surface area contributed by atoms with Crippen LogP contribution in [0, 0.1) is 5.41 Å². The third-order valence-corrected chi connectivity index (χ3v) is 7.14. The highest BCUT2D eigenvalue weighted by atomic mass is 16.6. The van der Waals surface area contributed by atoms with Crippen LogP contribution in [0.2, 0.25) is 0 Å². The Balaban J connectivity index is 2.14. The molecule has 0 amide bonds. The van der Waals surface area contributed by atoms with Gasteiger partial charge in [0.05, 0.1) is 13.2 Å². The molecule has 2 aromatic rings. The molecule has 0 aliphatic carbocycles. The zero-order valence-electron chi connectivity index (χ0n) is 25.0. The summed E-state index contributed by atoms with van der Waals surface area (Å²) in [4.78, 5) is 26.6. The number of ether oxygens (including phenoxy) is 2. The SMILES string of the molecule is CCOC(=O)C(CC=C(C)CCC=C(C)CCC=C(C)C)(CCCc1ccc2ccccc2c1)C(=O)OCC. The second-order valence-corrected chi connectivity index (χ2v) is 10.7. The van der Waals surface area contributed by atoms with E-state index in [1.54, 1.807) is 13.8 Å². The number of benzene rings is 2. The predicted molar refractivity (Wildman–Crippen MR) is 163 cm³/mol. The highest BCUT2D eigenvalue weighted by molar-refractivity contribution is 6.00. The molecule has 0 N–H and O–H groups in total. The molecular formula is C35H48O4. The molecule has 0 radical (unpaired) electrons. The van der Waals surface area contributed by atoms with Crippen LogP contribution in [0.3, 0.4) is 0 Å². The van der Waals surface area contributed by atoms with E-state index in [1.165, 1.54) is 27.5 Å². The summed E-state index contributed by atoms with van der Waals surface area (Å²) in [6.07, 6.45) is 12.7. The first-order valence-electron chi connectivity index (χ1n) is 14.5. The van der Waals surface area contributed by atoms with Gasteiger partial charge in [0, 0.05) is 0 Å². The molecule has 0 unspecified atom stereocenters. The van der Waals surface area contributed by atoms with Crippen molar-refractivity contribution in [2.24, 2.45) is 5.41 Å². The largest absolute Gasteiger partial charge is 0.465 e. The van der Waals surface area contributed by atoms with Gasteiger partial charge in [0.25, 0.3) is 0 Å². The number of rotatable bonds is 16. The number of hydrogen-bond donors (Lipinski definition) is 0. The number of carbonyl (C=O) groups is 2. The molecule has 2 aromatic carbocycles. The van der Waals surface area contributed by atoms with Gasteiger partial charge in [-0.25, -0.2) is 0 Å². The first kappa shape index (κ1) is 32.1. The lowest BCUT2D eigenvalue weighted by molar-refractivity contribution is -0.172. The van der Waals surface area contributed by atoms with Crippen LogP contribution >= 0.6 is 0 Å². The normalized spacial score (nSPS) is 12.4. The molecule has 0 spiro atoms. The zero-order valence-corrected chi connectivity index (χ0v) is 25.0. The molecule has 4 nitrogen and oxygen atoms in total. The summed E-state index contributed by atoms with van der Waals surface area (Å²) in [7, 11) is 0. The Hall–Kier alpha value is -3.14. The molecule has 0 aliphatic heterocycles.